The summed E-state index contributed by atoms with van der Waals surface area (Å²) >= 11 is 0. The number of nitrogens with one attached hydrogen (secondary N) is 3. The SMILES string of the molecule is CN(C)CCCNC(=O)CC1C(=O)NNC1=O. The highest BCUT2D eigenvalue weighted by atomic mass is 16.2. The summed E-state index contributed by atoms with van der Waals surface area (Å²) in [5, 5.41) is 2.68. The van der Waals surface area contributed by atoms with Gasteiger partial charge in [0.1, 0.15) is 5.92 Å². The van der Waals surface area contributed by atoms with Crippen molar-refractivity contribution < 1.29 is 14.4 Å². The average Bonchev–Trinajstić information content (AvgIpc) is 2.56. The van der Waals surface area contributed by atoms with Crippen LogP contribution in [0.4, 0.5) is 0 Å². The van der Waals surface area contributed by atoms with Crippen LogP contribution in [0.25, 0.3) is 0 Å². The number of carbonyl (C=O) groups is 3. The van der Waals surface area contributed by atoms with E-state index in [1.54, 1.807) is 0 Å². The van der Waals surface area contributed by atoms with Crippen LogP contribution in [0.1, 0.15) is 12.8 Å². The zero-order chi connectivity index (χ0) is 12.8. The number of carbonyl (C=O) groups excluding carboxylic acids is 3. The van der Waals surface area contributed by atoms with Gasteiger partial charge in [0.25, 0.3) is 11.8 Å². The fourth-order valence-corrected chi connectivity index (χ4v) is 1.48. The third-order valence-electron chi connectivity index (χ3n) is 2.44. The van der Waals surface area contributed by atoms with Gasteiger partial charge in [0, 0.05) is 13.0 Å². The van der Waals surface area contributed by atoms with Crippen molar-refractivity contribution in [1.82, 2.24) is 21.1 Å². The second kappa shape index (κ2) is 6.19. The Morgan fingerprint density at radius 2 is 1.88 bits per heavy atom. The minimum Gasteiger partial charge on any atom is -0.356 e. The van der Waals surface area contributed by atoms with E-state index in [-0.39, 0.29) is 12.3 Å². The van der Waals surface area contributed by atoms with Gasteiger partial charge in [-0.2, -0.15) is 0 Å². The van der Waals surface area contributed by atoms with Gasteiger partial charge >= 0.3 is 0 Å². The Bertz CT molecular complexity index is 301. The molecule has 1 aliphatic rings. The first-order chi connectivity index (χ1) is 8.00. The van der Waals surface area contributed by atoms with E-state index in [9.17, 15) is 14.4 Å². The molecule has 3 N–H and O–H groups in total. The quantitative estimate of drug-likeness (QED) is 0.379. The van der Waals surface area contributed by atoms with Gasteiger partial charge in [-0.15, -0.1) is 0 Å². The second-order valence-corrected chi connectivity index (χ2v) is 4.24. The fraction of sp³-hybridized carbons (Fsp3) is 0.700. The topological polar surface area (TPSA) is 90.5 Å². The van der Waals surface area contributed by atoms with Gasteiger partial charge in [0.2, 0.25) is 5.91 Å². The lowest BCUT2D eigenvalue weighted by Crippen LogP contribution is -2.31. The minimum absolute atomic E-state index is 0.0976. The van der Waals surface area contributed by atoms with Crippen LogP contribution in [0.3, 0.4) is 0 Å². The molecule has 0 saturated carbocycles. The zero-order valence-electron chi connectivity index (χ0n) is 10.1. The van der Waals surface area contributed by atoms with Crippen LogP contribution >= 0.6 is 0 Å². The van der Waals surface area contributed by atoms with Gasteiger partial charge in [-0.1, -0.05) is 0 Å². The molecule has 0 aliphatic carbocycles. The molecule has 1 aliphatic heterocycles. The summed E-state index contributed by atoms with van der Waals surface area (Å²) in [6.07, 6.45) is 0.738. The van der Waals surface area contributed by atoms with E-state index in [0.29, 0.717) is 6.54 Å². The van der Waals surface area contributed by atoms with Crippen LogP contribution in [-0.4, -0.2) is 49.8 Å². The van der Waals surface area contributed by atoms with Gasteiger partial charge in [-0.25, -0.2) is 0 Å². The Morgan fingerprint density at radius 1 is 1.29 bits per heavy atom. The van der Waals surface area contributed by atoms with Crippen molar-refractivity contribution in [1.29, 1.82) is 0 Å². The van der Waals surface area contributed by atoms with Gasteiger partial charge in [-0.05, 0) is 27.1 Å². The number of hydrogen-bond donors (Lipinski definition) is 3. The Hall–Kier alpha value is -1.63. The molecular formula is C10H18N4O3. The molecule has 1 fully saturated rings. The number of nitrogens with zero attached hydrogens (tertiary/aromatic N) is 1. The smallest absolute Gasteiger partial charge is 0.251 e. The van der Waals surface area contributed by atoms with Crippen LogP contribution in [-0.2, 0) is 14.4 Å². The molecule has 17 heavy (non-hydrogen) atoms. The molecule has 0 bridgehead atoms. The van der Waals surface area contributed by atoms with E-state index >= 15 is 0 Å². The largest absolute Gasteiger partial charge is 0.356 e. The Morgan fingerprint density at radius 3 is 2.41 bits per heavy atom. The van der Waals surface area contributed by atoms with Gasteiger partial charge in [0.05, 0.1) is 0 Å². The summed E-state index contributed by atoms with van der Waals surface area (Å²) in [4.78, 5) is 35.8. The Balaban J connectivity index is 2.21. The van der Waals surface area contributed by atoms with Gasteiger partial charge < -0.3 is 10.2 Å². The van der Waals surface area contributed by atoms with Gasteiger partial charge in [-0.3, -0.25) is 25.2 Å². The number of hydrogen-bond acceptors (Lipinski definition) is 4. The van der Waals surface area contributed by atoms with E-state index in [0.717, 1.165) is 13.0 Å². The molecule has 96 valence electrons. The van der Waals surface area contributed by atoms with Crippen molar-refractivity contribution in [2.75, 3.05) is 27.2 Å². The average molecular weight is 242 g/mol. The van der Waals surface area contributed by atoms with E-state index in [1.807, 2.05) is 19.0 Å². The molecule has 0 radical (unpaired) electrons. The predicted octanol–water partition coefficient (Wildman–Crippen LogP) is -1.78. The molecule has 0 atom stereocenters. The van der Waals surface area contributed by atoms with Crippen molar-refractivity contribution >= 4 is 17.7 Å². The molecular weight excluding hydrogens is 224 g/mol. The molecule has 3 amide bonds. The van der Waals surface area contributed by atoms with Crippen LogP contribution < -0.4 is 16.2 Å². The lowest BCUT2D eigenvalue weighted by Gasteiger charge is -2.10. The van der Waals surface area contributed by atoms with Crippen molar-refractivity contribution in [3.63, 3.8) is 0 Å². The molecule has 1 rings (SSSR count). The maximum absolute atomic E-state index is 11.5. The fourth-order valence-electron chi connectivity index (χ4n) is 1.48. The summed E-state index contributed by atoms with van der Waals surface area (Å²) in [5.41, 5.74) is 4.36. The monoisotopic (exact) mass is 242 g/mol. The molecule has 0 aromatic heterocycles. The van der Waals surface area contributed by atoms with Crippen molar-refractivity contribution in [2.45, 2.75) is 12.8 Å². The third kappa shape index (κ3) is 4.39. The Labute approximate surface area is 99.9 Å². The first-order valence-corrected chi connectivity index (χ1v) is 5.52. The normalized spacial score (nSPS) is 15.9. The predicted molar refractivity (Wildman–Crippen MR) is 60.6 cm³/mol. The Kier molecular flexibility index (Phi) is 4.89. The molecule has 7 nitrogen and oxygen atoms in total. The highest BCUT2D eigenvalue weighted by Crippen LogP contribution is 2.07. The standard InChI is InChI=1S/C10H18N4O3/c1-14(2)5-3-4-11-8(15)6-7-9(16)12-13-10(7)17/h7H,3-6H2,1-2H3,(H,11,15)(H,12,16)(H,13,17). The number of amides is 3. The van der Waals surface area contributed by atoms with Crippen molar-refractivity contribution in [3.05, 3.63) is 0 Å². The second-order valence-electron chi connectivity index (χ2n) is 4.24. The number of rotatable bonds is 6. The van der Waals surface area contributed by atoms with Crippen LogP contribution in [0.15, 0.2) is 0 Å². The third-order valence-corrected chi connectivity index (χ3v) is 2.44. The molecule has 0 spiro atoms. The highest BCUT2D eigenvalue weighted by Gasteiger charge is 2.34. The van der Waals surface area contributed by atoms with E-state index in [4.69, 9.17) is 0 Å². The summed E-state index contributed by atoms with van der Waals surface area (Å²) < 4.78 is 0. The van der Waals surface area contributed by atoms with E-state index in [1.165, 1.54) is 0 Å². The number of hydrazine groups is 1. The first-order valence-electron chi connectivity index (χ1n) is 5.52. The lowest BCUT2D eigenvalue weighted by molar-refractivity contribution is -0.133. The summed E-state index contributed by atoms with van der Waals surface area (Å²) in [6, 6.07) is 0. The zero-order valence-corrected chi connectivity index (χ0v) is 10.1. The maximum atomic E-state index is 11.5. The molecule has 1 saturated heterocycles. The maximum Gasteiger partial charge on any atom is 0.251 e. The summed E-state index contributed by atoms with van der Waals surface area (Å²) in [6.45, 7) is 1.43. The molecule has 1 heterocycles. The summed E-state index contributed by atoms with van der Waals surface area (Å²) in [5.74, 6) is -2.07. The highest BCUT2D eigenvalue weighted by molar-refractivity contribution is 6.07. The molecule has 0 unspecified atom stereocenters. The lowest BCUT2D eigenvalue weighted by atomic mass is 10.1. The molecule has 7 heteroatoms. The van der Waals surface area contributed by atoms with E-state index in [2.05, 4.69) is 16.2 Å². The first kappa shape index (κ1) is 13.4. The minimum atomic E-state index is -0.899. The molecule has 0 aromatic carbocycles. The van der Waals surface area contributed by atoms with Crippen LogP contribution in [0.5, 0.6) is 0 Å². The van der Waals surface area contributed by atoms with Crippen molar-refractivity contribution in [2.24, 2.45) is 5.92 Å². The summed E-state index contributed by atoms with van der Waals surface area (Å²) in [7, 11) is 3.91. The van der Waals surface area contributed by atoms with Crippen LogP contribution in [0, 0.1) is 5.92 Å². The van der Waals surface area contributed by atoms with Gasteiger partial charge in [0.15, 0.2) is 0 Å². The molecule has 0 aromatic rings. The van der Waals surface area contributed by atoms with Crippen LogP contribution in [0.2, 0.25) is 0 Å². The van der Waals surface area contributed by atoms with E-state index < -0.39 is 17.7 Å². The van der Waals surface area contributed by atoms with Crippen molar-refractivity contribution in [3.8, 4) is 0 Å².